The van der Waals surface area contributed by atoms with Crippen LogP contribution >= 0.6 is 0 Å². The molecular weight excluding hydrogens is 195 g/mol. The van der Waals surface area contributed by atoms with Crippen LogP contribution in [0.5, 0.6) is 0 Å². The van der Waals surface area contributed by atoms with Crippen LogP contribution in [0.2, 0.25) is 0 Å². The van der Waals surface area contributed by atoms with Crippen molar-refractivity contribution >= 4 is 18.6 Å². The molecule has 1 aromatic carbocycles. The largest absolute Gasteiger partial charge is 0.488 e. The Balaban J connectivity index is 2.61. The van der Waals surface area contributed by atoms with Crippen molar-refractivity contribution in [1.29, 1.82) is 0 Å². The lowest BCUT2D eigenvalue weighted by Gasteiger charge is -2.03. The molecule has 0 amide bonds. The van der Waals surface area contributed by atoms with E-state index in [4.69, 9.17) is 10.0 Å². The molecule has 1 aromatic rings. The Morgan fingerprint density at radius 3 is 2.80 bits per heavy atom. The Bertz CT molecular complexity index is 338. The highest BCUT2D eigenvalue weighted by Crippen LogP contribution is 2.02. The molecule has 0 radical (unpaired) electrons. The Morgan fingerprint density at radius 2 is 2.20 bits per heavy atom. The zero-order chi connectivity index (χ0) is 11.3. The quantitative estimate of drug-likeness (QED) is 0.515. The number of benzene rings is 1. The molecule has 0 unspecified atom stereocenters. The number of ether oxygens (including phenoxy) is 1. The molecule has 5 heteroatoms. The number of rotatable bonds is 4. The molecule has 0 saturated carbocycles. The highest BCUT2D eigenvalue weighted by molar-refractivity contribution is 6.58. The van der Waals surface area contributed by atoms with Crippen molar-refractivity contribution in [2.75, 3.05) is 7.11 Å². The van der Waals surface area contributed by atoms with Crippen molar-refractivity contribution in [3.63, 3.8) is 0 Å². The maximum atomic E-state index is 10.9. The van der Waals surface area contributed by atoms with Crippen molar-refractivity contribution < 1.29 is 19.6 Å². The third-order valence-corrected chi connectivity index (χ3v) is 2.09. The summed E-state index contributed by atoms with van der Waals surface area (Å²) in [5.74, 6) is -0.273. The van der Waals surface area contributed by atoms with Gasteiger partial charge in [-0.2, -0.15) is 0 Å². The summed E-state index contributed by atoms with van der Waals surface area (Å²) in [6.45, 7) is 0. The smallest absolute Gasteiger partial charge is 0.469 e. The van der Waals surface area contributed by atoms with Crippen LogP contribution in [0, 0.1) is 0 Å². The molecule has 0 bridgehead atoms. The van der Waals surface area contributed by atoms with E-state index in [1.165, 1.54) is 7.11 Å². The van der Waals surface area contributed by atoms with Crippen molar-refractivity contribution in [2.45, 2.75) is 12.8 Å². The molecule has 4 nitrogen and oxygen atoms in total. The zero-order valence-electron chi connectivity index (χ0n) is 8.51. The first-order valence-electron chi connectivity index (χ1n) is 4.65. The summed E-state index contributed by atoms with van der Waals surface area (Å²) in [7, 11) is -0.126. The minimum atomic E-state index is -1.47. The van der Waals surface area contributed by atoms with Gasteiger partial charge in [-0.15, -0.1) is 0 Å². The molecule has 0 aliphatic carbocycles. The first-order chi connectivity index (χ1) is 7.13. The van der Waals surface area contributed by atoms with E-state index in [1.807, 2.05) is 6.07 Å². The summed E-state index contributed by atoms with van der Waals surface area (Å²) >= 11 is 0. The monoisotopic (exact) mass is 208 g/mol. The van der Waals surface area contributed by atoms with Gasteiger partial charge >= 0.3 is 13.1 Å². The van der Waals surface area contributed by atoms with Gasteiger partial charge in [0.2, 0.25) is 0 Å². The van der Waals surface area contributed by atoms with Crippen molar-refractivity contribution in [3.8, 4) is 0 Å². The predicted octanol–water partition coefficient (Wildman–Crippen LogP) is -0.528. The number of hydrogen-bond acceptors (Lipinski definition) is 4. The van der Waals surface area contributed by atoms with Gasteiger partial charge in [0.25, 0.3) is 0 Å². The van der Waals surface area contributed by atoms with E-state index >= 15 is 0 Å². The van der Waals surface area contributed by atoms with E-state index in [2.05, 4.69) is 4.74 Å². The second-order valence-electron chi connectivity index (χ2n) is 3.19. The van der Waals surface area contributed by atoms with E-state index in [-0.39, 0.29) is 5.97 Å². The fourth-order valence-electron chi connectivity index (χ4n) is 1.26. The number of carbonyl (C=O) groups is 1. The second-order valence-corrected chi connectivity index (χ2v) is 3.19. The van der Waals surface area contributed by atoms with Gasteiger partial charge in [-0.3, -0.25) is 4.79 Å². The van der Waals surface area contributed by atoms with Crippen molar-refractivity contribution in [2.24, 2.45) is 0 Å². The maximum absolute atomic E-state index is 10.9. The fourth-order valence-corrected chi connectivity index (χ4v) is 1.26. The Labute approximate surface area is 88.6 Å². The van der Waals surface area contributed by atoms with Gasteiger partial charge in [0.15, 0.2) is 0 Å². The SMILES string of the molecule is COC(=O)CCc1cccc(B(O)O)c1. The van der Waals surface area contributed by atoms with Gasteiger partial charge in [0.05, 0.1) is 7.11 Å². The Hall–Kier alpha value is -1.33. The summed E-state index contributed by atoms with van der Waals surface area (Å²) in [4.78, 5) is 10.9. The molecule has 80 valence electrons. The number of carbonyl (C=O) groups excluding carboxylic acids is 1. The molecule has 0 atom stereocenters. The van der Waals surface area contributed by atoms with Crippen LogP contribution in [0.4, 0.5) is 0 Å². The highest BCUT2D eigenvalue weighted by atomic mass is 16.5. The molecule has 1 rings (SSSR count). The predicted molar refractivity (Wildman–Crippen MR) is 56.6 cm³/mol. The standard InChI is InChI=1S/C10H13BO4/c1-15-10(12)6-5-8-3-2-4-9(7-8)11(13)14/h2-4,7,13-14H,5-6H2,1H3. The molecule has 0 fully saturated rings. The lowest BCUT2D eigenvalue weighted by molar-refractivity contribution is -0.140. The molecule has 0 aliphatic rings. The van der Waals surface area contributed by atoms with Crippen LogP contribution in [0.25, 0.3) is 0 Å². The number of hydrogen-bond donors (Lipinski definition) is 2. The summed E-state index contributed by atoms with van der Waals surface area (Å²) < 4.78 is 4.51. The minimum absolute atomic E-state index is 0.273. The summed E-state index contributed by atoms with van der Waals surface area (Å²) in [5.41, 5.74) is 1.31. The molecule has 0 aliphatic heterocycles. The van der Waals surface area contributed by atoms with Gasteiger partial charge in [-0.25, -0.2) is 0 Å². The number of methoxy groups -OCH3 is 1. The van der Waals surface area contributed by atoms with E-state index in [0.717, 1.165) is 5.56 Å². The average molecular weight is 208 g/mol. The van der Waals surface area contributed by atoms with Crippen LogP contribution < -0.4 is 5.46 Å². The molecule has 2 N–H and O–H groups in total. The molecular formula is C10H13BO4. The van der Waals surface area contributed by atoms with Crippen LogP contribution in [0.15, 0.2) is 24.3 Å². The molecule has 0 saturated heterocycles. The maximum Gasteiger partial charge on any atom is 0.488 e. The van der Waals surface area contributed by atoms with Gasteiger partial charge in [0.1, 0.15) is 0 Å². The van der Waals surface area contributed by atoms with E-state index in [0.29, 0.717) is 18.3 Å². The fraction of sp³-hybridized carbons (Fsp3) is 0.300. The lowest BCUT2D eigenvalue weighted by atomic mass is 9.79. The summed E-state index contributed by atoms with van der Waals surface area (Å²) in [6.07, 6.45) is 0.828. The third-order valence-electron chi connectivity index (χ3n) is 2.09. The Morgan fingerprint density at radius 1 is 1.47 bits per heavy atom. The van der Waals surface area contributed by atoms with Crippen molar-refractivity contribution in [1.82, 2.24) is 0 Å². The zero-order valence-corrected chi connectivity index (χ0v) is 8.51. The average Bonchev–Trinajstić information content (AvgIpc) is 2.26. The topological polar surface area (TPSA) is 66.8 Å². The lowest BCUT2D eigenvalue weighted by Crippen LogP contribution is -2.29. The van der Waals surface area contributed by atoms with Gasteiger partial charge in [-0.1, -0.05) is 24.3 Å². The summed E-state index contributed by atoms with van der Waals surface area (Å²) in [6, 6.07) is 6.83. The molecule has 15 heavy (non-hydrogen) atoms. The van der Waals surface area contributed by atoms with Crippen LogP contribution in [-0.2, 0) is 16.0 Å². The highest BCUT2D eigenvalue weighted by Gasteiger charge is 2.11. The van der Waals surface area contributed by atoms with Gasteiger partial charge in [0, 0.05) is 6.42 Å². The second kappa shape index (κ2) is 5.53. The Kier molecular flexibility index (Phi) is 4.33. The number of aryl methyl sites for hydroxylation is 1. The first-order valence-corrected chi connectivity index (χ1v) is 4.65. The van der Waals surface area contributed by atoms with Crippen LogP contribution in [0.3, 0.4) is 0 Å². The van der Waals surface area contributed by atoms with E-state index < -0.39 is 7.12 Å². The van der Waals surface area contributed by atoms with Crippen molar-refractivity contribution in [3.05, 3.63) is 29.8 Å². The van der Waals surface area contributed by atoms with E-state index in [1.54, 1.807) is 18.2 Å². The van der Waals surface area contributed by atoms with Crippen LogP contribution in [0.1, 0.15) is 12.0 Å². The number of esters is 1. The normalized spacial score (nSPS) is 9.80. The van der Waals surface area contributed by atoms with Crippen LogP contribution in [-0.4, -0.2) is 30.2 Å². The van der Waals surface area contributed by atoms with Gasteiger partial charge in [-0.05, 0) is 17.4 Å². The van der Waals surface area contributed by atoms with E-state index in [9.17, 15) is 4.79 Å². The minimum Gasteiger partial charge on any atom is -0.469 e. The summed E-state index contributed by atoms with van der Waals surface area (Å²) in [5, 5.41) is 17.9. The molecule has 0 spiro atoms. The van der Waals surface area contributed by atoms with Gasteiger partial charge < -0.3 is 14.8 Å². The third kappa shape index (κ3) is 3.73. The molecule has 0 aromatic heterocycles. The molecule has 0 heterocycles. The first kappa shape index (κ1) is 11.7.